The number of carbonyl (C=O) groups is 3. The summed E-state index contributed by atoms with van der Waals surface area (Å²) < 4.78 is 6.67. The smallest absolute Gasteiger partial charge is 0.340 e. The van der Waals surface area contributed by atoms with Gasteiger partial charge in [-0.2, -0.15) is 0 Å². The van der Waals surface area contributed by atoms with Gasteiger partial charge in [-0.05, 0) is 29.7 Å². The van der Waals surface area contributed by atoms with Gasteiger partial charge in [-0.25, -0.2) is 4.79 Å². The predicted molar refractivity (Wildman–Crippen MR) is 126 cm³/mol. The van der Waals surface area contributed by atoms with E-state index in [2.05, 4.69) is 13.8 Å². The Hall–Kier alpha value is -3.61. The van der Waals surface area contributed by atoms with Crippen molar-refractivity contribution in [2.24, 2.45) is 0 Å². The number of methoxy groups -OCH3 is 1. The molecule has 172 valence electrons. The molecule has 0 bridgehead atoms. The fourth-order valence-electron chi connectivity index (χ4n) is 4.25. The van der Waals surface area contributed by atoms with Gasteiger partial charge in [-0.3, -0.25) is 9.59 Å². The first-order chi connectivity index (χ1) is 15.9. The highest BCUT2D eigenvalue weighted by molar-refractivity contribution is 6.04. The minimum absolute atomic E-state index is 0.00321. The van der Waals surface area contributed by atoms with Crippen LogP contribution in [0, 0.1) is 0 Å². The number of fused-ring (bicyclic) bond motifs is 1. The summed E-state index contributed by atoms with van der Waals surface area (Å²) in [6, 6.07) is 15.2. The standard InChI is InChI=1S/C26H29N3O4/c1-18(2)19-8-10-20(11-9-19)25(31)28-14-12-27(13-15-28)24(30)17-29-16-22(26(32)33-3)21-6-4-5-7-23(21)29/h4-11,16,18H,12-15,17H2,1-3H3. The average Bonchev–Trinajstić information content (AvgIpc) is 3.21. The quantitative estimate of drug-likeness (QED) is 0.561. The lowest BCUT2D eigenvalue weighted by molar-refractivity contribution is -0.133. The van der Waals surface area contributed by atoms with E-state index in [0.717, 1.165) is 10.9 Å². The Bertz CT molecular complexity index is 1170. The molecule has 2 aromatic carbocycles. The normalized spacial score (nSPS) is 14.1. The van der Waals surface area contributed by atoms with E-state index < -0.39 is 5.97 Å². The summed E-state index contributed by atoms with van der Waals surface area (Å²) in [4.78, 5) is 41.6. The third kappa shape index (κ3) is 4.62. The third-order valence-electron chi connectivity index (χ3n) is 6.24. The first-order valence-electron chi connectivity index (χ1n) is 11.2. The van der Waals surface area contributed by atoms with Crippen LogP contribution in [0.5, 0.6) is 0 Å². The molecular formula is C26H29N3O4. The molecule has 0 atom stereocenters. The molecule has 3 aromatic rings. The molecule has 0 aliphatic carbocycles. The molecule has 0 unspecified atom stereocenters. The first kappa shape index (κ1) is 22.6. The van der Waals surface area contributed by atoms with Gasteiger partial charge in [0.15, 0.2) is 0 Å². The topological polar surface area (TPSA) is 71.8 Å². The fourth-order valence-corrected chi connectivity index (χ4v) is 4.25. The van der Waals surface area contributed by atoms with Crippen molar-refractivity contribution in [3.63, 3.8) is 0 Å². The van der Waals surface area contributed by atoms with Gasteiger partial charge < -0.3 is 19.1 Å². The predicted octanol–water partition coefficient (Wildman–Crippen LogP) is 3.54. The largest absolute Gasteiger partial charge is 0.465 e. The van der Waals surface area contributed by atoms with Crippen molar-refractivity contribution in [1.29, 1.82) is 0 Å². The summed E-state index contributed by atoms with van der Waals surface area (Å²) >= 11 is 0. The van der Waals surface area contributed by atoms with Gasteiger partial charge in [-0.1, -0.05) is 44.2 Å². The van der Waals surface area contributed by atoms with E-state index in [4.69, 9.17) is 4.74 Å². The van der Waals surface area contributed by atoms with Crippen LogP contribution >= 0.6 is 0 Å². The lowest BCUT2D eigenvalue weighted by Crippen LogP contribution is -2.51. The molecule has 33 heavy (non-hydrogen) atoms. The van der Waals surface area contributed by atoms with E-state index in [-0.39, 0.29) is 18.4 Å². The summed E-state index contributed by atoms with van der Waals surface area (Å²) in [7, 11) is 1.35. The maximum Gasteiger partial charge on any atom is 0.340 e. The number of hydrogen-bond donors (Lipinski definition) is 0. The average molecular weight is 448 g/mol. The molecule has 0 radical (unpaired) electrons. The Morgan fingerprint density at radius 3 is 2.18 bits per heavy atom. The van der Waals surface area contributed by atoms with Gasteiger partial charge in [0, 0.05) is 48.8 Å². The second-order valence-corrected chi connectivity index (χ2v) is 8.63. The number of carbonyl (C=O) groups excluding carboxylic acids is 3. The van der Waals surface area contributed by atoms with Crippen LogP contribution in [0.15, 0.2) is 54.7 Å². The van der Waals surface area contributed by atoms with Crippen LogP contribution in [-0.4, -0.2) is 65.4 Å². The number of esters is 1. The van der Waals surface area contributed by atoms with Crippen molar-refractivity contribution >= 4 is 28.7 Å². The molecule has 2 amide bonds. The number of aromatic nitrogens is 1. The van der Waals surface area contributed by atoms with Crippen LogP contribution in [0.2, 0.25) is 0 Å². The summed E-state index contributed by atoms with van der Waals surface area (Å²) in [6.07, 6.45) is 1.68. The number of rotatable bonds is 5. The Morgan fingerprint density at radius 2 is 1.55 bits per heavy atom. The third-order valence-corrected chi connectivity index (χ3v) is 6.24. The zero-order chi connectivity index (χ0) is 23.5. The number of benzene rings is 2. The first-order valence-corrected chi connectivity index (χ1v) is 11.2. The van der Waals surface area contributed by atoms with E-state index in [1.807, 2.05) is 48.5 Å². The molecule has 1 saturated heterocycles. The maximum atomic E-state index is 13.0. The number of piperazine rings is 1. The van der Waals surface area contributed by atoms with E-state index >= 15 is 0 Å². The van der Waals surface area contributed by atoms with Gasteiger partial charge in [-0.15, -0.1) is 0 Å². The number of nitrogens with zero attached hydrogens (tertiary/aromatic N) is 3. The molecule has 7 heteroatoms. The molecule has 7 nitrogen and oxygen atoms in total. The molecule has 1 fully saturated rings. The fraction of sp³-hybridized carbons (Fsp3) is 0.346. The highest BCUT2D eigenvalue weighted by Gasteiger charge is 2.26. The van der Waals surface area contributed by atoms with Crippen LogP contribution in [0.4, 0.5) is 0 Å². The van der Waals surface area contributed by atoms with Crippen molar-refractivity contribution in [3.8, 4) is 0 Å². The SMILES string of the molecule is COC(=O)c1cn(CC(=O)N2CCN(C(=O)c3ccc(C(C)C)cc3)CC2)c2ccccc12. The van der Waals surface area contributed by atoms with E-state index in [1.165, 1.54) is 12.7 Å². The molecule has 1 aromatic heterocycles. The van der Waals surface area contributed by atoms with Crippen molar-refractivity contribution in [3.05, 3.63) is 71.4 Å². The Kier molecular flexibility index (Phi) is 6.49. The lowest BCUT2D eigenvalue weighted by Gasteiger charge is -2.35. The number of ether oxygens (including phenoxy) is 1. The second kappa shape index (κ2) is 9.48. The number of amides is 2. The lowest BCUT2D eigenvalue weighted by atomic mass is 10.0. The second-order valence-electron chi connectivity index (χ2n) is 8.63. The summed E-state index contributed by atoms with van der Waals surface area (Å²) in [6.45, 7) is 6.34. The zero-order valence-electron chi connectivity index (χ0n) is 19.3. The van der Waals surface area contributed by atoms with Crippen molar-refractivity contribution in [2.75, 3.05) is 33.3 Å². The molecule has 1 aliphatic heterocycles. The van der Waals surface area contributed by atoms with Crippen molar-refractivity contribution in [1.82, 2.24) is 14.4 Å². The Labute approximate surface area is 193 Å². The summed E-state index contributed by atoms with van der Waals surface area (Å²) in [5.41, 5.74) is 3.13. The Morgan fingerprint density at radius 1 is 0.909 bits per heavy atom. The van der Waals surface area contributed by atoms with E-state index in [1.54, 1.807) is 20.6 Å². The van der Waals surface area contributed by atoms with Gasteiger partial charge in [0.25, 0.3) is 5.91 Å². The summed E-state index contributed by atoms with van der Waals surface area (Å²) in [5.74, 6) is -0.0483. The van der Waals surface area contributed by atoms with Gasteiger partial charge in [0.2, 0.25) is 5.91 Å². The van der Waals surface area contributed by atoms with Gasteiger partial charge >= 0.3 is 5.97 Å². The van der Waals surface area contributed by atoms with Crippen LogP contribution in [-0.2, 0) is 16.1 Å². The molecule has 2 heterocycles. The number of para-hydroxylation sites is 1. The van der Waals surface area contributed by atoms with Crippen molar-refractivity contribution in [2.45, 2.75) is 26.3 Å². The van der Waals surface area contributed by atoms with Crippen LogP contribution in [0.3, 0.4) is 0 Å². The van der Waals surface area contributed by atoms with Gasteiger partial charge in [0.1, 0.15) is 6.54 Å². The van der Waals surface area contributed by atoms with Crippen LogP contribution < -0.4 is 0 Å². The number of hydrogen-bond acceptors (Lipinski definition) is 4. The highest BCUT2D eigenvalue weighted by Crippen LogP contribution is 2.22. The monoisotopic (exact) mass is 447 g/mol. The van der Waals surface area contributed by atoms with Gasteiger partial charge in [0.05, 0.1) is 12.7 Å². The summed E-state index contributed by atoms with van der Waals surface area (Å²) in [5, 5.41) is 0.760. The van der Waals surface area contributed by atoms with Crippen LogP contribution in [0.1, 0.15) is 46.0 Å². The molecular weight excluding hydrogens is 418 g/mol. The molecule has 4 rings (SSSR count). The molecule has 0 saturated carbocycles. The van der Waals surface area contributed by atoms with Crippen LogP contribution in [0.25, 0.3) is 10.9 Å². The molecule has 1 aliphatic rings. The molecule has 0 N–H and O–H groups in total. The minimum atomic E-state index is -0.425. The Balaban J connectivity index is 1.40. The maximum absolute atomic E-state index is 13.0. The highest BCUT2D eigenvalue weighted by atomic mass is 16.5. The zero-order valence-corrected chi connectivity index (χ0v) is 19.3. The molecule has 0 spiro atoms. The van der Waals surface area contributed by atoms with E-state index in [9.17, 15) is 14.4 Å². The minimum Gasteiger partial charge on any atom is -0.465 e. The van der Waals surface area contributed by atoms with E-state index in [0.29, 0.717) is 43.2 Å². The van der Waals surface area contributed by atoms with Crippen molar-refractivity contribution < 1.29 is 19.1 Å².